The molecule has 4 nitrogen and oxygen atoms in total. The zero-order chi connectivity index (χ0) is 13.8. The average Bonchev–Trinajstić information content (AvgIpc) is 3.03. The van der Waals surface area contributed by atoms with Gasteiger partial charge in [0, 0.05) is 24.4 Å². The van der Waals surface area contributed by atoms with Crippen LogP contribution in [0.4, 0.5) is 0 Å². The van der Waals surface area contributed by atoms with E-state index in [0.29, 0.717) is 31.0 Å². The molecule has 3 rings (SSSR count). The van der Waals surface area contributed by atoms with Crippen LogP contribution in [0.1, 0.15) is 24.0 Å². The van der Waals surface area contributed by atoms with Crippen molar-refractivity contribution in [2.24, 2.45) is 0 Å². The van der Waals surface area contributed by atoms with Crippen molar-refractivity contribution in [3.05, 3.63) is 34.3 Å². The summed E-state index contributed by atoms with van der Waals surface area (Å²) in [6, 6.07) is 5.52. The van der Waals surface area contributed by atoms with Crippen molar-refractivity contribution in [2.75, 3.05) is 6.26 Å². The van der Waals surface area contributed by atoms with E-state index >= 15 is 0 Å². The maximum absolute atomic E-state index is 12.4. The van der Waals surface area contributed by atoms with Gasteiger partial charge in [-0.1, -0.05) is 17.7 Å². The van der Waals surface area contributed by atoms with Crippen LogP contribution >= 0.6 is 11.6 Å². The standard InChI is InChI=1S/C13H14ClNO3S/c1-19(17,18)13(4-5-13)12(16)15-7-9-2-3-11(14)6-10(9)8-15/h2-3,6H,4-5,7-8H2,1H3. The van der Waals surface area contributed by atoms with E-state index in [0.717, 1.165) is 17.4 Å². The van der Waals surface area contributed by atoms with Gasteiger partial charge in [-0.2, -0.15) is 0 Å². The van der Waals surface area contributed by atoms with E-state index in [1.54, 1.807) is 11.0 Å². The van der Waals surface area contributed by atoms with Crippen molar-refractivity contribution < 1.29 is 13.2 Å². The minimum Gasteiger partial charge on any atom is -0.333 e. The fraction of sp³-hybridized carbons (Fsp3) is 0.462. The van der Waals surface area contributed by atoms with Gasteiger partial charge in [-0.3, -0.25) is 4.79 Å². The Hall–Kier alpha value is -1.07. The number of fused-ring (bicyclic) bond motifs is 1. The molecule has 1 heterocycles. The molecule has 0 atom stereocenters. The van der Waals surface area contributed by atoms with Crippen molar-refractivity contribution in [1.29, 1.82) is 0 Å². The van der Waals surface area contributed by atoms with E-state index < -0.39 is 14.6 Å². The third-order valence-electron chi connectivity index (χ3n) is 3.98. The second-order valence-corrected chi connectivity index (χ2v) is 8.10. The van der Waals surface area contributed by atoms with Gasteiger partial charge in [0.2, 0.25) is 5.91 Å². The summed E-state index contributed by atoms with van der Waals surface area (Å²) in [5.41, 5.74) is 2.05. The molecule has 0 saturated heterocycles. The summed E-state index contributed by atoms with van der Waals surface area (Å²) in [4.78, 5) is 14.1. The quantitative estimate of drug-likeness (QED) is 0.836. The van der Waals surface area contributed by atoms with Crippen molar-refractivity contribution >= 4 is 27.3 Å². The SMILES string of the molecule is CS(=O)(=O)C1(C(=O)N2Cc3ccc(Cl)cc3C2)CC1. The lowest BCUT2D eigenvalue weighted by Gasteiger charge is -2.21. The Labute approximate surface area is 117 Å². The number of benzene rings is 1. The highest BCUT2D eigenvalue weighted by atomic mass is 35.5. The van der Waals surface area contributed by atoms with Crippen LogP contribution in [-0.4, -0.2) is 30.2 Å². The molecule has 6 heteroatoms. The molecule has 0 spiro atoms. The topological polar surface area (TPSA) is 54.5 Å². The molecule has 0 radical (unpaired) electrons. The smallest absolute Gasteiger partial charge is 0.244 e. The molecule has 1 aromatic carbocycles. The van der Waals surface area contributed by atoms with E-state index in [9.17, 15) is 13.2 Å². The lowest BCUT2D eigenvalue weighted by Crippen LogP contribution is -2.42. The van der Waals surface area contributed by atoms with Gasteiger partial charge in [-0.15, -0.1) is 0 Å². The number of amides is 1. The first-order valence-electron chi connectivity index (χ1n) is 6.10. The number of carbonyl (C=O) groups excluding carboxylic acids is 1. The van der Waals surface area contributed by atoms with E-state index in [2.05, 4.69) is 0 Å². The molecule has 1 aromatic rings. The Morgan fingerprint density at radius 2 is 1.89 bits per heavy atom. The number of halogens is 1. The lowest BCUT2D eigenvalue weighted by atomic mass is 10.1. The van der Waals surface area contributed by atoms with Crippen molar-refractivity contribution in [3.8, 4) is 0 Å². The van der Waals surface area contributed by atoms with Gasteiger partial charge in [0.05, 0.1) is 0 Å². The first-order valence-corrected chi connectivity index (χ1v) is 8.37. The van der Waals surface area contributed by atoms with Gasteiger partial charge in [0.1, 0.15) is 0 Å². The fourth-order valence-electron chi connectivity index (χ4n) is 2.65. The molecular formula is C13H14ClNO3S. The molecular weight excluding hydrogens is 286 g/mol. The third kappa shape index (κ3) is 1.96. The first-order chi connectivity index (χ1) is 8.83. The van der Waals surface area contributed by atoms with Gasteiger partial charge in [0.25, 0.3) is 0 Å². The highest BCUT2D eigenvalue weighted by Gasteiger charge is 2.60. The lowest BCUT2D eigenvalue weighted by molar-refractivity contribution is -0.132. The average molecular weight is 300 g/mol. The molecule has 0 aromatic heterocycles. The minimum absolute atomic E-state index is 0.262. The fourth-order valence-corrected chi connectivity index (χ4v) is 4.14. The van der Waals surface area contributed by atoms with Gasteiger partial charge >= 0.3 is 0 Å². The summed E-state index contributed by atoms with van der Waals surface area (Å²) in [5.74, 6) is -0.262. The summed E-state index contributed by atoms with van der Waals surface area (Å²) < 4.78 is 22.4. The van der Waals surface area contributed by atoms with Gasteiger partial charge in [-0.05, 0) is 36.1 Å². The molecule has 1 aliphatic heterocycles. The van der Waals surface area contributed by atoms with Crippen LogP contribution in [0.15, 0.2) is 18.2 Å². The van der Waals surface area contributed by atoms with E-state index in [-0.39, 0.29) is 5.91 Å². The Morgan fingerprint density at radius 3 is 2.47 bits per heavy atom. The molecule has 1 aliphatic carbocycles. The summed E-state index contributed by atoms with van der Waals surface area (Å²) in [5, 5.41) is 0.636. The number of nitrogens with zero attached hydrogens (tertiary/aromatic N) is 1. The first kappa shape index (κ1) is 12.9. The number of sulfone groups is 1. The zero-order valence-corrected chi connectivity index (χ0v) is 12.1. The minimum atomic E-state index is -3.34. The molecule has 102 valence electrons. The zero-order valence-electron chi connectivity index (χ0n) is 10.5. The Kier molecular flexibility index (Phi) is 2.70. The van der Waals surface area contributed by atoms with Crippen LogP contribution < -0.4 is 0 Å². The molecule has 19 heavy (non-hydrogen) atoms. The number of carbonyl (C=O) groups is 1. The number of rotatable bonds is 2. The molecule has 1 fully saturated rings. The van der Waals surface area contributed by atoms with Crippen LogP contribution in [-0.2, 0) is 27.7 Å². The number of hydrogen-bond acceptors (Lipinski definition) is 3. The van der Waals surface area contributed by atoms with E-state index in [1.165, 1.54) is 0 Å². The molecule has 1 amide bonds. The monoisotopic (exact) mass is 299 g/mol. The highest BCUT2D eigenvalue weighted by Crippen LogP contribution is 2.45. The molecule has 0 bridgehead atoms. The van der Waals surface area contributed by atoms with Gasteiger partial charge in [0.15, 0.2) is 14.6 Å². The molecule has 2 aliphatic rings. The predicted molar refractivity (Wildman–Crippen MR) is 72.5 cm³/mol. The summed E-state index contributed by atoms with van der Waals surface area (Å²) >= 11 is 5.93. The maximum atomic E-state index is 12.4. The molecule has 0 N–H and O–H groups in total. The maximum Gasteiger partial charge on any atom is 0.244 e. The van der Waals surface area contributed by atoms with Crippen LogP contribution in [0.25, 0.3) is 0 Å². The van der Waals surface area contributed by atoms with E-state index in [1.807, 2.05) is 12.1 Å². The summed E-state index contributed by atoms with van der Waals surface area (Å²) in [7, 11) is -3.34. The Balaban J connectivity index is 1.86. The van der Waals surface area contributed by atoms with Crippen molar-refractivity contribution in [3.63, 3.8) is 0 Å². The van der Waals surface area contributed by atoms with Crippen LogP contribution in [0, 0.1) is 0 Å². The summed E-state index contributed by atoms with van der Waals surface area (Å²) in [6.07, 6.45) is 2.04. The largest absolute Gasteiger partial charge is 0.333 e. The predicted octanol–water partition coefficient (Wildman–Crippen LogP) is 1.76. The van der Waals surface area contributed by atoms with Crippen molar-refractivity contribution in [2.45, 2.75) is 30.7 Å². The molecule has 0 unspecified atom stereocenters. The third-order valence-corrected chi connectivity index (χ3v) is 6.22. The van der Waals surface area contributed by atoms with Crippen LogP contribution in [0.3, 0.4) is 0 Å². The Bertz CT molecular complexity index is 664. The highest BCUT2D eigenvalue weighted by molar-refractivity contribution is 7.93. The van der Waals surface area contributed by atoms with Gasteiger partial charge in [-0.25, -0.2) is 8.42 Å². The second kappa shape index (κ2) is 3.96. The van der Waals surface area contributed by atoms with Crippen molar-refractivity contribution in [1.82, 2.24) is 4.90 Å². The second-order valence-electron chi connectivity index (χ2n) is 5.34. The Morgan fingerprint density at radius 1 is 1.26 bits per heavy atom. The van der Waals surface area contributed by atoms with Gasteiger partial charge < -0.3 is 4.90 Å². The molecule has 1 saturated carbocycles. The van der Waals surface area contributed by atoms with Crippen LogP contribution in [0.5, 0.6) is 0 Å². The van der Waals surface area contributed by atoms with E-state index in [4.69, 9.17) is 11.6 Å². The summed E-state index contributed by atoms with van der Waals surface area (Å²) in [6.45, 7) is 0.925. The normalized spacial score (nSPS) is 20.2. The van der Waals surface area contributed by atoms with Crippen LogP contribution in [0.2, 0.25) is 5.02 Å². The number of hydrogen-bond donors (Lipinski definition) is 0.